The summed E-state index contributed by atoms with van der Waals surface area (Å²) in [4.78, 5) is 18.4. The van der Waals surface area contributed by atoms with Gasteiger partial charge in [-0.3, -0.25) is 4.68 Å². The maximum absolute atomic E-state index is 10.6. The molecule has 2 rings (SSSR count). The van der Waals surface area contributed by atoms with Crippen LogP contribution in [-0.2, 0) is 6.54 Å². The van der Waals surface area contributed by atoms with Crippen molar-refractivity contribution in [1.82, 2.24) is 19.7 Å². The second-order valence-electron chi connectivity index (χ2n) is 4.52. The molecule has 0 aliphatic heterocycles. The molecule has 0 atom stereocenters. The highest BCUT2D eigenvalue weighted by molar-refractivity contribution is 5.84. The molecule has 7 heteroatoms. The molecule has 0 spiro atoms. The SMILES string of the molecule is Cc1cc(C)n(CCCNc2cnc(C(=O)O)cn2)n1. The maximum Gasteiger partial charge on any atom is 0.356 e. The maximum atomic E-state index is 10.6. The molecule has 0 amide bonds. The van der Waals surface area contributed by atoms with Gasteiger partial charge in [0, 0.05) is 18.8 Å². The highest BCUT2D eigenvalue weighted by Gasteiger charge is 2.04. The molecule has 0 saturated heterocycles. The predicted octanol–water partition coefficient (Wildman–Crippen LogP) is 1.49. The van der Waals surface area contributed by atoms with E-state index in [1.165, 1.54) is 12.4 Å². The molecule has 0 aliphatic rings. The Morgan fingerprint density at radius 3 is 2.70 bits per heavy atom. The van der Waals surface area contributed by atoms with Crippen molar-refractivity contribution in [3.63, 3.8) is 0 Å². The molecule has 2 aromatic heterocycles. The van der Waals surface area contributed by atoms with Crippen LogP contribution >= 0.6 is 0 Å². The fraction of sp³-hybridized carbons (Fsp3) is 0.385. The van der Waals surface area contributed by atoms with E-state index in [0.717, 1.165) is 30.9 Å². The Kier molecular flexibility index (Phi) is 4.29. The number of hydrogen-bond donors (Lipinski definition) is 2. The summed E-state index contributed by atoms with van der Waals surface area (Å²) in [5.74, 6) is -0.503. The molecule has 0 saturated carbocycles. The number of nitrogens with zero attached hydrogens (tertiary/aromatic N) is 4. The van der Waals surface area contributed by atoms with E-state index in [-0.39, 0.29) is 5.69 Å². The lowest BCUT2D eigenvalue weighted by Gasteiger charge is -2.06. The number of rotatable bonds is 6. The molecule has 0 bridgehead atoms. The van der Waals surface area contributed by atoms with E-state index in [1.54, 1.807) is 0 Å². The average Bonchev–Trinajstić information content (AvgIpc) is 2.73. The van der Waals surface area contributed by atoms with E-state index in [1.807, 2.05) is 24.6 Å². The van der Waals surface area contributed by atoms with Crippen molar-refractivity contribution in [2.45, 2.75) is 26.8 Å². The number of carbonyl (C=O) groups is 1. The highest BCUT2D eigenvalue weighted by Crippen LogP contribution is 2.04. The van der Waals surface area contributed by atoms with Crippen LogP contribution in [0.4, 0.5) is 5.82 Å². The van der Waals surface area contributed by atoms with Gasteiger partial charge in [0.25, 0.3) is 0 Å². The number of nitrogens with one attached hydrogen (secondary N) is 1. The highest BCUT2D eigenvalue weighted by atomic mass is 16.4. The molecule has 2 N–H and O–H groups in total. The van der Waals surface area contributed by atoms with E-state index in [0.29, 0.717) is 5.82 Å². The zero-order valence-electron chi connectivity index (χ0n) is 11.5. The molecule has 0 fully saturated rings. The quantitative estimate of drug-likeness (QED) is 0.776. The van der Waals surface area contributed by atoms with E-state index in [4.69, 9.17) is 5.11 Å². The summed E-state index contributed by atoms with van der Waals surface area (Å²) >= 11 is 0. The number of aryl methyl sites for hydroxylation is 3. The van der Waals surface area contributed by atoms with Crippen LogP contribution in [0.2, 0.25) is 0 Å². The van der Waals surface area contributed by atoms with Gasteiger partial charge in [-0.05, 0) is 26.3 Å². The molecule has 20 heavy (non-hydrogen) atoms. The van der Waals surface area contributed by atoms with Crippen molar-refractivity contribution >= 4 is 11.8 Å². The van der Waals surface area contributed by atoms with E-state index in [2.05, 4.69) is 20.4 Å². The largest absolute Gasteiger partial charge is 0.476 e. The number of carboxylic acid groups (broad SMARTS) is 1. The second-order valence-corrected chi connectivity index (χ2v) is 4.52. The van der Waals surface area contributed by atoms with Crippen LogP contribution in [0.5, 0.6) is 0 Å². The summed E-state index contributed by atoms with van der Waals surface area (Å²) in [6.07, 6.45) is 3.56. The lowest BCUT2D eigenvalue weighted by atomic mass is 10.4. The van der Waals surface area contributed by atoms with Crippen LogP contribution < -0.4 is 5.32 Å². The Balaban J connectivity index is 1.78. The summed E-state index contributed by atoms with van der Waals surface area (Å²) < 4.78 is 1.97. The molecule has 2 aromatic rings. The zero-order valence-corrected chi connectivity index (χ0v) is 11.5. The number of carboxylic acids is 1. The monoisotopic (exact) mass is 275 g/mol. The van der Waals surface area contributed by atoms with Crippen molar-refractivity contribution in [2.75, 3.05) is 11.9 Å². The van der Waals surface area contributed by atoms with Crippen molar-refractivity contribution < 1.29 is 9.90 Å². The number of hydrogen-bond acceptors (Lipinski definition) is 5. The standard InChI is InChI=1S/C13H17N5O2/c1-9-6-10(2)18(17-9)5-3-4-14-12-8-15-11(7-16-12)13(19)20/h6-8H,3-5H2,1-2H3,(H,14,16)(H,19,20). The van der Waals surface area contributed by atoms with E-state index in [9.17, 15) is 4.79 Å². The molecule has 0 aliphatic carbocycles. The zero-order chi connectivity index (χ0) is 14.5. The van der Waals surface area contributed by atoms with Gasteiger partial charge in [-0.1, -0.05) is 0 Å². The van der Waals surface area contributed by atoms with Crippen molar-refractivity contribution in [3.05, 3.63) is 35.5 Å². The third kappa shape index (κ3) is 3.53. The van der Waals surface area contributed by atoms with Crippen LogP contribution in [-0.4, -0.2) is 37.4 Å². The van der Waals surface area contributed by atoms with Crippen LogP contribution in [0.15, 0.2) is 18.5 Å². The van der Waals surface area contributed by atoms with Crippen LogP contribution in [0, 0.1) is 13.8 Å². The van der Waals surface area contributed by atoms with Crippen molar-refractivity contribution in [2.24, 2.45) is 0 Å². The Hall–Kier alpha value is -2.44. The molecule has 0 radical (unpaired) electrons. The lowest BCUT2D eigenvalue weighted by molar-refractivity contribution is 0.0690. The van der Waals surface area contributed by atoms with Gasteiger partial charge < -0.3 is 10.4 Å². The van der Waals surface area contributed by atoms with Crippen LogP contribution in [0.1, 0.15) is 28.3 Å². The van der Waals surface area contributed by atoms with Gasteiger partial charge in [0.1, 0.15) is 5.82 Å². The summed E-state index contributed by atoms with van der Waals surface area (Å²) in [5, 5.41) is 16.2. The van der Waals surface area contributed by atoms with Crippen molar-refractivity contribution in [3.8, 4) is 0 Å². The Bertz CT molecular complexity index is 591. The van der Waals surface area contributed by atoms with Crippen molar-refractivity contribution in [1.29, 1.82) is 0 Å². The molecular formula is C13H17N5O2. The Labute approximate surface area is 116 Å². The fourth-order valence-electron chi connectivity index (χ4n) is 1.88. The van der Waals surface area contributed by atoms with Gasteiger partial charge >= 0.3 is 5.97 Å². The summed E-state index contributed by atoms with van der Waals surface area (Å²) in [6, 6.07) is 2.05. The normalized spacial score (nSPS) is 10.5. The topological polar surface area (TPSA) is 92.9 Å². The second kappa shape index (κ2) is 6.14. The molecule has 7 nitrogen and oxygen atoms in total. The fourth-order valence-corrected chi connectivity index (χ4v) is 1.88. The first-order valence-corrected chi connectivity index (χ1v) is 6.36. The van der Waals surface area contributed by atoms with Gasteiger partial charge in [0.15, 0.2) is 5.69 Å². The number of anilines is 1. The molecule has 2 heterocycles. The third-order valence-corrected chi connectivity index (χ3v) is 2.83. The lowest BCUT2D eigenvalue weighted by Crippen LogP contribution is -2.10. The minimum atomic E-state index is -1.08. The van der Waals surface area contributed by atoms with Crippen LogP contribution in [0.25, 0.3) is 0 Å². The van der Waals surface area contributed by atoms with Gasteiger partial charge in [-0.15, -0.1) is 0 Å². The first kappa shape index (κ1) is 14.0. The smallest absolute Gasteiger partial charge is 0.356 e. The first-order chi connectivity index (χ1) is 9.56. The first-order valence-electron chi connectivity index (χ1n) is 6.36. The molecule has 106 valence electrons. The van der Waals surface area contributed by atoms with Crippen LogP contribution in [0.3, 0.4) is 0 Å². The van der Waals surface area contributed by atoms with Gasteiger partial charge in [0.05, 0.1) is 18.1 Å². The molecular weight excluding hydrogens is 258 g/mol. The van der Waals surface area contributed by atoms with Gasteiger partial charge in [-0.25, -0.2) is 14.8 Å². The third-order valence-electron chi connectivity index (χ3n) is 2.83. The molecule has 0 aromatic carbocycles. The minimum Gasteiger partial charge on any atom is -0.476 e. The summed E-state index contributed by atoms with van der Waals surface area (Å²) in [7, 11) is 0. The van der Waals surface area contributed by atoms with E-state index < -0.39 is 5.97 Å². The molecule has 0 unspecified atom stereocenters. The average molecular weight is 275 g/mol. The summed E-state index contributed by atoms with van der Waals surface area (Å²) in [6.45, 7) is 5.55. The number of aromatic carboxylic acids is 1. The minimum absolute atomic E-state index is 0.0572. The number of aromatic nitrogens is 4. The van der Waals surface area contributed by atoms with Gasteiger partial charge in [-0.2, -0.15) is 5.10 Å². The van der Waals surface area contributed by atoms with Gasteiger partial charge in [0.2, 0.25) is 0 Å². The Morgan fingerprint density at radius 1 is 1.35 bits per heavy atom. The predicted molar refractivity (Wildman–Crippen MR) is 73.8 cm³/mol. The Morgan fingerprint density at radius 2 is 2.15 bits per heavy atom. The van der Waals surface area contributed by atoms with E-state index >= 15 is 0 Å². The summed E-state index contributed by atoms with van der Waals surface area (Å²) in [5.41, 5.74) is 2.11.